The van der Waals surface area contributed by atoms with E-state index < -0.39 is 0 Å². The molecular formula is C29H27NO4S. The highest BCUT2D eigenvalue weighted by Crippen LogP contribution is 2.42. The number of amides is 1. The fraction of sp³-hybridized carbons (Fsp3) is 0.207. The molecule has 5 nitrogen and oxygen atoms in total. The number of carbonyl (C=O) groups excluding carboxylic acids is 1. The number of para-hydroxylation sites is 1. The molecule has 0 saturated heterocycles. The molecule has 0 saturated carbocycles. The lowest BCUT2D eigenvalue weighted by atomic mass is 9.90. The lowest BCUT2D eigenvalue weighted by Crippen LogP contribution is -2.42. The summed E-state index contributed by atoms with van der Waals surface area (Å²) >= 11 is 1.65. The third kappa shape index (κ3) is 4.62. The molecule has 0 radical (unpaired) electrons. The minimum Gasteiger partial charge on any atom is -0.493 e. The largest absolute Gasteiger partial charge is 0.493 e. The zero-order valence-electron chi connectivity index (χ0n) is 19.8. The van der Waals surface area contributed by atoms with E-state index in [0.29, 0.717) is 23.8 Å². The molecule has 1 aromatic heterocycles. The predicted molar refractivity (Wildman–Crippen MR) is 138 cm³/mol. The van der Waals surface area contributed by atoms with Crippen LogP contribution in [0, 0.1) is 0 Å². The number of carbonyl (C=O) groups is 1. The van der Waals surface area contributed by atoms with Crippen molar-refractivity contribution in [2.75, 3.05) is 27.4 Å². The van der Waals surface area contributed by atoms with Crippen molar-refractivity contribution in [3.8, 4) is 28.4 Å². The van der Waals surface area contributed by atoms with Crippen molar-refractivity contribution in [3.05, 3.63) is 100 Å². The number of hydrogen-bond donors (Lipinski definition) is 0. The Morgan fingerprint density at radius 1 is 0.914 bits per heavy atom. The summed E-state index contributed by atoms with van der Waals surface area (Å²) in [6.45, 7) is 0.571. The molecule has 2 heterocycles. The van der Waals surface area contributed by atoms with Crippen molar-refractivity contribution in [1.29, 1.82) is 0 Å². The highest BCUT2D eigenvalue weighted by Gasteiger charge is 2.34. The molecule has 0 N–H and O–H groups in total. The number of nitrogens with zero attached hydrogens (tertiary/aromatic N) is 1. The average molecular weight is 486 g/mol. The average Bonchev–Trinajstić information content (AvgIpc) is 3.45. The maximum Gasteiger partial charge on any atom is 0.261 e. The Hall–Kier alpha value is -3.77. The van der Waals surface area contributed by atoms with E-state index >= 15 is 0 Å². The number of methoxy groups -OCH3 is 2. The van der Waals surface area contributed by atoms with Crippen LogP contribution < -0.4 is 14.2 Å². The van der Waals surface area contributed by atoms with E-state index in [9.17, 15) is 4.79 Å². The van der Waals surface area contributed by atoms with Crippen LogP contribution in [0.15, 0.2) is 84.2 Å². The van der Waals surface area contributed by atoms with Crippen LogP contribution in [0.5, 0.6) is 17.2 Å². The summed E-state index contributed by atoms with van der Waals surface area (Å²) in [4.78, 5) is 16.6. The molecule has 5 rings (SSSR count). The minimum atomic E-state index is -0.195. The number of ether oxygens (including phenoxy) is 3. The summed E-state index contributed by atoms with van der Waals surface area (Å²) in [6.07, 6.45) is 0.740. The Bertz CT molecular complexity index is 1300. The molecule has 178 valence electrons. The van der Waals surface area contributed by atoms with Gasteiger partial charge in [-0.1, -0.05) is 54.6 Å². The molecule has 0 spiro atoms. The standard InChI is InChI=1S/C29H27NO4S/c1-32-25-17-21-14-15-30(29(27-13-8-16-35-27)23(21)18-26(25)33-2)28(31)19-34-24-12-7-6-11-22(24)20-9-4-3-5-10-20/h3-13,16-18,29H,14-15,19H2,1-2H3. The molecule has 0 aliphatic carbocycles. The van der Waals surface area contributed by atoms with Gasteiger partial charge in [0.15, 0.2) is 18.1 Å². The Morgan fingerprint density at radius 2 is 1.66 bits per heavy atom. The van der Waals surface area contributed by atoms with Crippen molar-refractivity contribution in [1.82, 2.24) is 4.90 Å². The molecule has 0 fully saturated rings. The molecule has 6 heteroatoms. The first-order valence-electron chi connectivity index (χ1n) is 11.5. The van der Waals surface area contributed by atoms with Crippen LogP contribution >= 0.6 is 11.3 Å². The van der Waals surface area contributed by atoms with Crippen LogP contribution in [0.2, 0.25) is 0 Å². The first kappa shape index (κ1) is 23.0. The molecule has 3 aromatic carbocycles. The summed E-state index contributed by atoms with van der Waals surface area (Å²) in [6, 6.07) is 25.8. The summed E-state index contributed by atoms with van der Waals surface area (Å²) in [5, 5.41) is 2.04. The Labute approximate surface area is 209 Å². The molecule has 1 atom stereocenters. The van der Waals surface area contributed by atoms with E-state index in [2.05, 4.69) is 6.07 Å². The lowest BCUT2D eigenvalue weighted by Gasteiger charge is -2.37. The van der Waals surface area contributed by atoms with Gasteiger partial charge >= 0.3 is 0 Å². The monoisotopic (exact) mass is 485 g/mol. The summed E-state index contributed by atoms with van der Waals surface area (Å²) in [7, 11) is 3.28. The maximum absolute atomic E-state index is 13.6. The predicted octanol–water partition coefficient (Wildman–Crippen LogP) is 5.99. The molecule has 1 unspecified atom stereocenters. The summed E-state index contributed by atoms with van der Waals surface area (Å²) < 4.78 is 17.2. The summed E-state index contributed by atoms with van der Waals surface area (Å²) in [5.41, 5.74) is 4.26. The van der Waals surface area contributed by atoms with Gasteiger partial charge in [-0.2, -0.15) is 0 Å². The van der Waals surface area contributed by atoms with Gasteiger partial charge in [-0.25, -0.2) is 0 Å². The van der Waals surface area contributed by atoms with Crippen LogP contribution in [0.4, 0.5) is 0 Å². The van der Waals surface area contributed by atoms with Crippen LogP contribution in [-0.2, 0) is 11.2 Å². The van der Waals surface area contributed by atoms with Gasteiger partial charge in [-0.15, -0.1) is 11.3 Å². The maximum atomic E-state index is 13.6. The van der Waals surface area contributed by atoms with Crippen molar-refractivity contribution in [2.45, 2.75) is 12.5 Å². The molecule has 4 aromatic rings. The molecule has 0 bridgehead atoms. The minimum absolute atomic E-state index is 0.0334. The van der Waals surface area contributed by atoms with Gasteiger partial charge in [0.25, 0.3) is 5.91 Å². The van der Waals surface area contributed by atoms with E-state index in [4.69, 9.17) is 14.2 Å². The zero-order valence-corrected chi connectivity index (χ0v) is 20.6. The van der Waals surface area contributed by atoms with Gasteiger partial charge in [0.2, 0.25) is 0 Å². The number of hydrogen-bond acceptors (Lipinski definition) is 5. The molecular weight excluding hydrogens is 458 g/mol. The van der Waals surface area contributed by atoms with Crippen molar-refractivity contribution in [3.63, 3.8) is 0 Å². The van der Waals surface area contributed by atoms with Gasteiger partial charge in [-0.3, -0.25) is 4.79 Å². The smallest absolute Gasteiger partial charge is 0.261 e. The van der Waals surface area contributed by atoms with Crippen LogP contribution in [0.3, 0.4) is 0 Å². The van der Waals surface area contributed by atoms with E-state index in [1.807, 2.05) is 83.1 Å². The van der Waals surface area contributed by atoms with Crippen molar-refractivity contribution in [2.24, 2.45) is 0 Å². The normalized spacial score (nSPS) is 14.8. The van der Waals surface area contributed by atoms with Gasteiger partial charge in [0, 0.05) is 17.0 Å². The quantitative estimate of drug-likeness (QED) is 0.323. The number of fused-ring (bicyclic) bond motifs is 1. The fourth-order valence-corrected chi connectivity index (χ4v) is 5.49. The number of thiophene rings is 1. The molecule has 1 amide bonds. The van der Waals surface area contributed by atoms with Crippen molar-refractivity contribution < 1.29 is 19.0 Å². The van der Waals surface area contributed by atoms with E-state index in [0.717, 1.165) is 28.0 Å². The molecule has 35 heavy (non-hydrogen) atoms. The zero-order chi connectivity index (χ0) is 24.2. The highest BCUT2D eigenvalue weighted by molar-refractivity contribution is 7.10. The third-order valence-corrected chi connectivity index (χ3v) is 7.25. The number of benzene rings is 3. The summed E-state index contributed by atoms with van der Waals surface area (Å²) in [5.74, 6) is 2.02. The Balaban J connectivity index is 1.43. The van der Waals surface area contributed by atoms with Crippen LogP contribution in [-0.4, -0.2) is 38.2 Å². The third-order valence-electron chi connectivity index (χ3n) is 6.33. The Kier molecular flexibility index (Phi) is 6.73. The van der Waals surface area contributed by atoms with E-state index in [1.54, 1.807) is 25.6 Å². The van der Waals surface area contributed by atoms with Crippen LogP contribution in [0.1, 0.15) is 22.0 Å². The highest BCUT2D eigenvalue weighted by atomic mass is 32.1. The lowest BCUT2D eigenvalue weighted by molar-refractivity contribution is -0.135. The first-order valence-corrected chi connectivity index (χ1v) is 12.4. The van der Waals surface area contributed by atoms with Crippen molar-refractivity contribution >= 4 is 17.2 Å². The van der Waals surface area contributed by atoms with Crippen LogP contribution in [0.25, 0.3) is 11.1 Å². The topological polar surface area (TPSA) is 48.0 Å². The Morgan fingerprint density at radius 3 is 2.40 bits per heavy atom. The number of rotatable bonds is 7. The van der Waals surface area contributed by atoms with Gasteiger partial charge in [0.1, 0.15) is 5.75 Å². The molecule has 1 aliphatic rings. The second-order valence-corrected chi connectivity index (χ2v) is 9.29. The first-order chi connectivity index (χ1) is 17.2. The second-order valence-electron chi connectivity index (χ2n) is 8.31. The SMILES string of the molecule is COc1cc2c(cc1OC)C(c1cccs1)N(C(=O)COc1ccccc1-c1ccccc1)CC2. The van der Waals surface area contributed by atoms with Gasteiger partial charge in [-0.05, 0) is 52.8 Å². The van der Waals surface area contributed by atoms with Gasteiger partial charge in [0.05, 0.1) is 20.3 Å². The fourth-order valence-electron chi connectivity index (χ4n) is 4.64. The van der Waals surface area contributed by atoms with E-state index in [1.165, 1.54) is 5.56 Å². The van der Waals surface area contributed by atoms with Gasteiger partial charge < -0.3 is 19.1 Å². The molecule has 1 aliphatic heterocycles. The van der Waals surface area contributed by atoms with E-state index in [-0.39, 0.29) is 18.6 Å². The second kappa shape index (κ2) is 10.2.